The normalized spacial score (nSPS) is 14.7. The van der Waals surface area contributed by atoms with E-state index in [0.717, 1.165) is 26.1 Å². The van der Waals surface area contributed by atoms with Gasteiger partial charge in [-0.3, -0.25) is 4.90 Å². The van der Waals surface area contributed by atoms with Crippen LogP contribution in [0.15, 0.2) is 24.3 Å². The SMILES string of the molecule is CN(CCO)C(=O)NCCN1CCc2ccccc2C1. The molecule has 0 saturated heterocycles. The predicted octanol–water partition coefficient (Wildman–Crippen LogP) is 0.678. The Morgan fingerprint density at radius 1 is 1.40 bits per heavy atom. The van der Waals surface area contributed by atoms with E-state index >= 15 is 0 Å². The first-order valence-electron chi connectivity index (χ1n) is 7.09. The van der Waals surface area contributed by atoms with Crippen LogP contribution in [0, 0.1) is 0 Å². The molecule has 110 valence electrons. The minimum atomic E-state index is -0.128. The summed E-state index contributed by atoms with van der Waals surface area (Å²) in [6, 6.07) is 8.41. The van der Waals surface area contributed by atoms with E-state index in [1.54, 1.807) is 7.05 Å². The van der Waals surface area contributed by atoms with E-state index in [1.165, 1.54) is 16.0 Å². The molecule has 1 aromatic rings. The number of likely N-dealkylation sites (N-methyl/N-ethyl adjacent to an activating group) is 1. The molecule has 0 spiro atoms. The van der Waals surface area contributed by atoms with E-state index in [4.69, 9.17) is 5.11 Å². The third-order valence-electron chi connectivity index (χ3n) is 3.70. The molecule has 20 heavy (non-hydrogen) atoms. The molecule has 1 aromatic carbocycles. The van der Waals surface area contributed by atoms with Crippen molar-refractivity contribution in [3.05, 3.63) is 35.4 Å². The van der Waals surface area contributed by atoms with E-state index in [9.17, 15) is 4.79 Å². The van der Waals surface area contributed by atoms with Crippen LogP contribution in [-0.2, 0) is 13.0 Å². The highest BCUT2D eigenvalue weighted by atomic mass is 16.3. The van der Waals surface area contributed by atoms with Crippen LogP contribution in [0.4, 0.5) is 4.79 Å². The van der Waals surface area contributed by atoms with Crippen LogP contribution in [0.1, 0.15) is 11.1 Å². The lowest BCUT2D eigenvalue weighted by Crippen LogP contribution is -2.43. The van der Waals surface area contributed by atoms with E-state index in [1.807, 2.05) is 0 Å². The lowest BCUT2D eigenvalue weighted by atomic mass is 10.00. The Bertz CT molecular complexity index is 450. The van der Waals surface area contributed by atoms with Gasteiger partial charge in [-0.25, -0.2) is 4.79 Å². The minimum Gasteiger partial charge on any atom is -0.395 e. The van der Waals surface area contributed by atoms with Crippen LogP contribution in [-0.4, -0.2) is 60.8 Å². The lowest BCUT2D eigenvalue weighted by Gasteiger charge is -2.29. The van der Waals surface area contributed by atoms with E-state index in [-0.39, 0.29) is 12.6 Å². The summed E-state index contributed by atoms with van der Waals surface area (Å²) >= 11 is 0. The zero-order chi connectivity index (χ0) is 14.4. The van der Waals surface area contributed by atoms with Gasteiger partial charge in [0.15, 0.2) is 0 Å². The topological polar surface area (TPSA) is 55.8 Å². The predicted molar refractivity (Wildman–Crippen MR) is 78.5 cm³/mol. The Balaban J connectivity index is 1.72. The van der Waals surface area contributed by atoms with Crippen molar-refractivity contribution in [3.8, 4) is 0 Å². The van der Waals surface area contributed by atoms with Crippen LogP contribution in [0.2, 0.25) is 0 Å². The van der Waals surface area contributed by atoms with Gasteiger partial charge in [0.05, 0.1) is 6.61 Å². The molecule has 5 heteroatoms. The van der Waals surface area contributed by atoms with Crippen molar-refractivity contribution in [2.75, 3.05) is 39.8 Å². The standard InChI is InChI=1S/C15H23N3O2/c1-17(10-11-19)15(20)16-7-9-18-8-6-13-4-2-3-5-14(13)12-18/h2-5,19H,6-12H2,1H3,(H,16,20). The van der Waals surface area contributed by atoms with E-state index < -0.39 is 0 Å². The number of carbonyl (C=O) groups is 1. The molecule has 2 N–H and O–H groups in total. The molecule has 0 aliphatic carbocycles. The second-order valence-corrected chi connectivity index (χ2v) is 5.17. The Labute approximate surface area is 120 Å². The maximum Gasteiger partial charge on any atom is 0.317 e. The van der Waals surface area contributed by atoms with E-state index in [0.29, 0.717) is 13.1 Å². The molecule has 1 heterocycles. The molecule has 0 saturated carbocycles. The Kier molecular flexibility index (Phi) is 5.38. The van der Waals surface area contributed by atoms with Gasteiger partial charge in [0.1, 0.15) is 0 Å². The first kappa shape index (κ1) is 14.8. The molecule has 0 bridgehead atoms. The average molecular weight is 277 g/mol. The number of fused-ring (bicyclic) bond motifs is 1. The molecule has 1 aliphatic heterocycles. The molecular weight excluding hydrogens is 254 g/mol. The average Bonchev–Trinajstić information content (AvgIpc) is 2.47. The smallest absolute Gasteiger partial charge is 0.317 e. The van der Waals surface area contributed by atoms with Crippen LogP contribution >= 0.6 is 0 Å². The number of urea groups is 1. The zero-order valence-electron chi connectivity index (χ0n) is 12.0. The Morgan fingerprint density at radius 2 is 2.15 bits per heavy atom. The summed E-state index contributed by atoms with van der Waals surface area (Å²) < 4.78 is 0. The van der Waals surface area contributed by atoms with Crippen molar-refractivity contribution in [3.63, 3.8) is 0 Å². The molecule has 0 aromatic heterocycles. The van der Waals surface area contributed by atoms with Gasteiger partial charge in [0.2, 0.25) is 0 Å². The molecule has 0 unspecified atom stereocenters. The van der Waals surface area contributed by atoms with Crippen molar-refractivity contribution >= 4 is 6.03 Å². The maximum absolute atomic E-state index is 11.7. The van der Waals surface area contributed by atoms with Gasteiger partial charge < -0.3 is 15.3 Å². The van der Waals surface area contributed by atoms with Gasteiger partial charge >= 0.3 is 6.03 Å². The summed E-state index contributed by atoms with van der Waals surface area (Å²) in [6.45, 7) is 3.84. The van der Waals surface area contributed by atoms with Crippen molar-refractivity contribution < 1.29 is 9.90 Å². The van der Waals surface area contributed by atoms with Crippen LogP contribution in [0.25, 0.3) is 0 Å². The van der Waals surface area contributed by atoms with Gasteiger partial charge in [-0.1, -0.05) is 24.3 Å². The van der Waals surface area contributed by atoms with Crippen molar-refractivity contribution in [2.45, 2.75) is 13.0 Å². The first-order valence-corrected chi connectivity index (χ1v) is 7.09. The van der Waals surface area contributed by atoms with Crippen LogP contribution in [0.3, 0.4) is 0 Å². The largest absolute Gasteiger partial charge is 0.395 e. The highest BCUT2D eigenvalue weighted by Crippen LogP contribution is 2.17. The Hall–Kier alpha value is -1.59. The molecular formula is C15H23N3O2. The number of benzene rings is 1. The summed E-state index contributed by atoms with van der Waals surface area (Å²) in [5, 5.41) is 11.7. The summed E-state index contributed by atoms with van der Waals surface area (Å²) in [5.41, 5.74) is 2.83. The van der Waals surface area contributed by atoms with Gasteiger partial charge in [0, 0.05) is 39.8 Å². The van der Waals surface area contributed by atoms with Gasteiger partial charge in [-0.15, -0.1) is 0 Å². The van der Waals surface area contributed by atoms with Gasteiger partial charge in [-0.05, 0) is 17.5 Å². The van der Waals surface area contributed by atoms with Crippen LogP contribution in [0.5, 0.6) is 0 Å². The number of hydrogen-bond donors (Lipinski definition) is 2. The monoisotopic (exact) mass is 277 g/mol. The first-order chi connectivity index (χ1) is 9.70. The molecule has 2 amide bonds. The fourth-order valence-electron chi connectivity index (χ4n) is 2.45. The highest BCUT2D eigenvalue weighted by molar-refractivity contribution is 5.73. The van der Waals surface area contributed by atoms with Gasteiger partial charge in [-0.2, -0.15) is 0 Å². The fraction of sp³-hybridized carbons (Fsp3) is 0.533. The number of nitrogens with one attached hydrogen (secondary N) is 1. The summed E-state index contributed by atoms with van der Waals surface area (Å²) in [4.78, 5) is 15.5. The summed E-state index contributed by atoms with van der Waals surface area (Å²) in [7, 11) is 1.68. The Morgan fingerprint density at radius 3 is 2.90 bits per heavy atom. The quantitative estimate of drug-likeness (QED) is 0.832. The third-order valence-corrected chi connectivity index (χ3v) is 3.70. The number of hydrogen-bond acceptors (Lipinski definition) is 3. The molecule has 0 fully saturated rings. The number of carbonyl (C=O) groups excluding carboxylic acids is 1. The maximum atomic E-state index is 11.7. The number of rotatable bonds is 5. The number of amides is 2. The molecule has 0 atom stereocenters. The van der Waals surface area contributed by atoms with Crippen molar-refractivity contribution in [1.29, 1.82) is 0 Å². The van der Waals surface area contributed by atoms with Crippen molar-refractivity contribution in [1.82, 2.24) is 15.1 Å². The number of nitrogens with zero attached hydrogens (tertiary/aromatic N) is 2. The minimum absolute atomic E-state index is 0.00711. The molecule has 5 nitrogen and oxygen atoms in total. The molecule has 1 aliphatic rings. The van der Waals surface area contributed by atoms with Crippen molar-refractivity contribution in [2.24, 2.45) is 0 Å². The fourth-order valence-corrected chi connectivity index (χ4v) is 2.45. The highest BCUT2D eigenvalue weighted by Gasteiger charge is 2.15. The lowest BCUT2D eigenvalue weighted by molar-refractivity contribution is 0.187. The summed E-state index contributed by atoms with van der Waals surface area (Å²) in [5.74, 6) is 0. The van der Waals surface area contributed by atoms with Crippen LogP contribution < -0.4 is 5.32 Å². The second kappa shape index (κ2) is 7.26. The van der Waals surface area contributed by atoms with E-state index in [2.05, 4.69) is 34.5 Å². The third kappa shape index (κ3) is 3.95. The molecule has 0 radical (unpaired) electrons. The summed E-state index contributed by atoms with van der Waals surface area (Å²) in [6.07, 6.45) is 1.08. The number of aliphatic hydroxyl groups excluding tert-OH is 1. The second-order valence-electron chi connectivity index (χ2n) is 5.17. The number of aliphatic hydroxyl groups is 1. The van der Waals surface area contributed by atoms with Gasteiger partial charge in [0.25, 0.3) is 0 Å². The molecule has 2 rings (SSSR count). The zero-order valence-corrected chi connectivity index (χ0v) is 12.0.